The Balaban J connectivity index is 1.91. The van der Waals surface area contributed by atoms with Crippen LogP contribution in [0.2, 0.25) is 0 Å². The van der Waals surface area contributed by atoms with Crippen LogP contribution in [0.4, 0.5) is 14.5 Å². The lowest BCUT2D eigenvalue weighted by molar-refractivity contribution is -0.119. The van der Waals surface area contributed by atoms with E-state index in [0.29, 0.717) is 12.7 Å². The maximum absolute atomic E-state index is 13.4. The molecule has 126 valence electrons. The lowest BCUT2D eigenvalue weighted by atomic mass is 10.1. The van der Waals surface area contributed by atoms with Crippen LogP contribution in [-0.2, 0) is 20.9 Å². The van der Waals surface area contributed by atoms with Crippen molar-refractivity contribution in [3.05, 3.63) is 65.2 Å². The number of carbonyl (C=O) groups excluding carboxylic acids is 2. The van der Waals surface area contributed by atoms with Crippen molar-refractivity contribution in [1.82, 2.24) is 0 Å². The molecule has 0 fully saturated rings. The van der Waals surface area contributed by atoms with Gasteiger partial charge in [-0.15, -0.1) is 0 Å². The van der Waals surface area contributed by atoms with Gasteiger partial charge in [0.05, 0.1) is 17.9 Å². The summed E-state index contributed by atoms with van der Waals surface area (Å²) in [6.45, 7) is -0.254. The minimum atomic E-state index is -0.915. The molecule has 0 radical (unpaired) electrons. The zero-order valence-electron chi connectivity index (χ0n) is 12.8. The van der Waals surface area contributed by atoms with Gasteiger partial charge in [-0.1, -0.05) is 12.1 Å². The van der Waals surface area contributed by atoms with Crippen molar-refractivity contribution in [2.45, 2.75) is 6.61 Å². The Morgan fingerprint density at radius 3 is 2.62 bits per heavy atom. The molecule has 0 atom stereocenters. The van der Waals surface area contributed by atoms with Crippen LogP contribution in [0.5, 0.6) is 0 Å². The monoisotopic (exact) mass is 335 g/mol. The van der Waals surface area contributed by atoms with Crippen molar-refractivity contribution in [3.8, 4) is 0 Å². The molecule has 2 aromatic carbocycles. The molecule has 0 saturated carbocycles. The fraction of sp³-hybridized carbons (Fsp3) is 0.176. The van der Waals surface area contributed by atoms with Gasteiger partial charge in [0.15, 0.2) is 6.61 Å². The van der Waals surface area contributed by atoms with Crippen molar-refractivity contribution in [2.24, 2.45) is 0 Å². The second-order valence-corrected chi connectivity index (χ2v) is 4.88. The molecule has 2 aromatic rings. The molecule has 0 aliphatic rings. The molecule has 7 heteroatoms. The number of nitrogens with one attached hydrogen (secondary N) is 1. The zero-order chi connectivity index (χ0) is 17.5. The largest absolute Gasteiger partial charge is 0.452 e. The molecule has 5 nitrogen and oxygen atoms in total. The summed E-state index contributed by atoms with van der Waals surface area (Å²) in [6, 6.07) is 9.30. The number of anilines is 1. The predicted octanol–water partition coefficient (Wildman–Crippen LogP) is 2.91. The Morgan fingerprint density at radius 1 is 1.12 bits per heavy atom. The van der Waals surface area contributed by atoms with Gasteiger partial charge in [-0.05, 0) is 29.8 Å². The summed E-state index contributed by atoms with van der Waals surface area (Å²) in [5.41, 5.74) is 0.856. The van der Waals surface area contributed by atoms with Gasteiger partial charge >= 0.3 is 5.97 Å². The summed E-state index contributed by atoms with van der Waals surface area (Å²) in [5, 5.41) is 2.20. The van der Waals surface area contributed by atoms with E-state index in [2.05, 4.69) is 5.32 Å². The summed E-state index contributed by atoms with van der Waals surface area (Å²) in [4.78, 5) is 23.6. The van der Waals surface area contributed by atoms with Crippen molar-refractivity contribution in [3.63, 3.8) is 0 Å². The van der Waals surface area contributed by atoms with Gasteiger partial charge in [0.1, 0.15) is 11.6 Å². The third-order valence-corrected chi connectivity index (χ3v) is 3.01. The first-order chi connectivity index (χ1) is 11.5. The van der Waals surface area contributed by atoms with Crippen molar-refractivity contribution in [1.29, 1.82) is 0 Å². The van der Waals surface area contributed by atoms with Crippen LogP contribution >= 0.6 is 0 Å². The van der Waals surface area contributed by atoms with Gasteiger partial charge in [-0.3, -0.25) is 4.79 Å². The second-order valence-electron chi connectivity index (χ2n) is 4.88. The minimum Gasteiger partial charge on any atom is -0.452 e. The van der Waals surface area contributed by atoms with E-state index in [1.54, 1.807) is 24.3 Å². The smallest absolute Gasteiger partial charge is 0.338 e. The number of esters is 1. The molecule has 2 rings (SSSR count). The van der Waals surface area contributed by atoms with E-state index in [1.807, 2.05) is 0 Å². The summed E-state index contributed by atoms with van der Waals surface area (Å²) in [5.74, 6) is -3.10. The van der Waals surface area contributed by atoms with E-state index in [0.717, 1.165) is 17.7 Å². The van der Waals surface area contributed by atoms with Crippen molar-refractivity contribution in [2.75, 3.05) is 19.0 Å². The third-order valence-electron chi connectivity index (χ3n) is 3.01. The quantitative estimate of drug-likeness (QED) is 0.825. The Kier molecular flexibility index (Phi) is 5.97. The van der Waals surface area contributed by atoms with E-state index in [1.165, 1.54) is 7.11 Å². The number of ether oxygens (including phenoxy) is 2. The number of amides is 1. The number of rotatable bonds is 6. The molecule has 24 heavy (non-hydrogen) atoms. The van der Waals surface area contributed by atoms with Gasteiger partial charge in [0, 0.05) is 13.2 Å². The molecule has 1 amide bonds. The summed E-state index contributed by atoms with van der Waals surface area (Å²) in [6.07, 6.45) is 0. The Hall–Kier alpha value is -2.80. The van der Waals surface area contributed by atoms with Crippen molar-refractivity contribution < 1.29 is 27.8 Å². The molecule has 0 bridgehead atoms. The van der Waals surface area contributed by atoms with Crippen LogP contribution in [0.15, 0.2) is 42.5 Å². The van der Waals surface area contributed by atoms with E-state index in [-0.39, 0.29) is 11.3 Å². The lowest BCUT2D eigenvalue weighted by Gasteiger charge is -2.08. The first-order valence-electron chi connectivity index (χ1n) is 6.99. The number of benzene rings is 2. The average molecular weight is 335 g/mol. The van der Waals surface area contributed by atoms with Crippen LogP contribution < -0.4 is 5.32 Å². The number of halogens is 2. The highest BCUT2D eigenvalue weighted by Crippen LogP contribution is 2.15. The van der Waals surface area contributed by atoms with Crippen LogP contribution in [0.3, 0.4) is 0 Å². The van der Waals surface area contributed by atoms with Gasteiger partial charge in [0.2, 0.25) is 0 Å². The Labute approximate surface area is 137 Å². The van der Waals surface area contributed by atoms with E-state index >= 15 is 0 Å². The Morgan fingerprint density at radius 2 is 1.92 bits per heavy atom. The topological polar surface area (TPSA) is 64.6 Å². The Bertz CT molecular complexity index is 749. The molecule has 0 aliphatic heterocycles. The second kappa shape index (κ2) is 8.16. The average Bonchev–Trinajstić information content (AvgIpc) is 2.56. The zero-order valence-corrected chi connectivity index (χ0v) is 12.8. The molecule has 0 spiro atoms. The summed E-state index contributed by atoms with van der Waals surface area (Å²) < 4.78 is 36.0. The van der Waals surface area contributed by atoms with Crippen LogP contribution in [0.25, 0.3) is 0 Å². The molecule has 0 aliphatic carbocycles. The number of hydrogen-bond acceptors (Lipinski definition) is 4. The van der Waals surface area contributed by atoms with Crippen molar-refractivity contribution >= 4 is 17.6 Å². The van der Waals surface area contributed by atoms with E-state index in [4.69, 9.17) is 9.47 Å². The minimum absolute atomic E-state index is 0.195. The summed E-state index contributed by atoms with van der Waals surface area (Å²) >= 11 is 0. The third kappa shape index (κ3) is 4.85. The highest BCUT2D eigenvalue weighted by atomic mass is 19.1. The van der Waals surface area contributed by atoms with Gasteiger partial charge in [0.25, 0.3) is 5.91 Å². The fourth-order valence-electron chi connectivity index (χ4n) is 1.95. The van der Waals surface area contributed by atoms with Crippen LogP contribution in [0.1, 0.15) is 15.9 Å². The molecule has 1 N–H and O–H groups in total. The summed E-state index contributed by atoms with van der Waals surface area (Å²) in [7, 11) is 1.53. The van der Waals surface area contributed by atoms with Gasteiger partial charge in [-0.2, -0.15) is 0 Å². The molecular formula is C17H15F2NO4. The van der Waals surface area contributed by atoms with Gasteiger partial charge in [-0.25, -0.2) is 13.6 Å². The number of hydrogen-bond donors (Lipinski definition) is 1. The lowest BCUT2D eigenvalue weighted by Crippen LogP contribution is -2.21. The maximum atomic E-state index is 13.4. The molecule has 0 saturated heterocycles. The van der Waals surface area contributed by atoms with Gasteiger partial charge < -0.3 is 14.8 Å². The first kappa shape index (κ1) is 17.6. The fourth-order valence-corrected chi connectivity index (χ4v) is 1.95. The molecule has 0 heterocycles. The maximum Gasteiger partial charge on any atom is 0.338 e. The molecule has 0 aromatic heterocycles. The van der Waals surface area contributed by atoms with Crippen LogP contribution in [0, 0.1) is 11.6 Å². The SMILES string of the molecule is COCc1cccc(C(=O)OCC(=O)Nc2ccc(F)cc2F)c1. The highest BCUT2D eigenvalue weighted by Gasteiger charge is 2.12. The normalized spacial score (nSPS) is 10.3. The van der Waals surface area contributed by atoms with E-state index < -0.39 is 30.1 Å². The standard InChI is InChI=1S/C17H15F2NO4/c1-23-9-11-3-2-4-12(7-11)17(22)24-10-16(21)20-15-6-5-13(18)8-14(15)19/h2-8H,9-10H2,1H3,(H,20,21). The van der Waals surface area contributed by atoms with E-state index in [9.17, 15) is 18.4 Å². The first-order valence-corrected chi connectivity index (χ1v) is 6.99. The molecular weight excluding hydrogens is 320 g/mol. The predicted molar refractivity (Wildman–Crippen MR) is 82.4 cm³/mol. The molecule has 0 unspecified atom stereocenters. The number of methoxy groups -OCH3 is 1. The number of carbonyl (C=O) groups is 2. The van der Waals surface area contributed by atoms with Crippen LogP contribution in [-0.4, -0.2) is 25.6 Å². The highest BCUT2D eigenvalue weighted by molar-refractivity contribution is 5.95.